The van der Waals surface area contributed by atoms with Gasteiger partial charge in [-0.1, -0.05) is 72.8 Å². The van der Waals surface area contributed by atoms with Crippen molar-refractivity contribution in [2.45, 2.75) is 0 Å². The second kappa shape index (κ2) is 12.8. The third-order valence-corrected chi connectivity index (χ3v) is 9.12. The maximum Gasteiger partial charge on any atom is 0.243 e. The van der Waals surface area contributed by atoms with E-state index >= 15 is 0 Å². The molecule has 210 valence electrons. The van der Waals surface area contributed by atoms with Crippen LogP contribution in [0.15, 0.2) is 83.5 Å². The SMILES string of the molecule is O=C1C(=O)c2ccccc2C(O)=C1I.O=C1C(=O)c2ccccc2C(O)=C1I.O=C1C(=O)c2ccccc2C(O)=C1I. The minimum absolute atomic E-state index is 0.0892. The molecule has 3 aromatic rings. The van der Waals surface area contributed by atoms with Crippen LogP contribution >= 0.6 is 67.8 Å². The fraction of sp³-hybridized carbons (Fsp3) is 0. The number of halogens is 3. The molecular formula is C30H15I3O9. The molecule has 0 spiro atoms. The van der Waals surface area contributed by atoms with Gasteiger partial charge in [0.15, 0.2) is 0 Å². The van der Waals surface area contributed by atoms with Gasteiger partial charge in [0.1, 0.15) is 28.0 Å². The highest BCUT2D eigenvalue weighted by Crippen LogP contribution is 2.32. The quantitative estimate of drug-likeness (QED) is 0.173. The van der Waals surface area contributed by atoms with Crippen molar-refractivity contribution < 1.29 is 44.1 Å². The van der Waals surface area contributed by atoms with E-state index in [0.717, 1.165) is 0 Å². The number of Topliss-reactive ketones (excluding diaryl/α,β-unsaturated/α-hetero) is 6. The Morgan fingerprint density at radius 2 is 0.524 bits per heavy atom. The summed E-state index contributed by atoms with van der Waals surface area (Å²) in [4.78, 5) is 68.4. The molecule has 3 aromatic carbocycles. The van der Waals surface area contributed by atoms with Crippen LogP contribution in [0.1, 0.15) is 47.8 Å². The molecule has 3 aliphatic rings. The Kier molecular flexibility index (Phi) is 9.56. The number of aliphatic hydroxyl groups is 3. The first-order chi connectivity index (χ1) is 19.9. The molecule has 3 aliphatic carbocycles. The van der Waals surface area contributed by atoms with Gasteiger partial charge in [-0.05, 0) is 67.8 Å². The molecule has 0 fully saturated rings. The molecule has 0 bridgehead atoms. The number of hydrogen-bond donors (Lipinski definition) is 3. The normalized spacial score (nSPS) is 15.8. The second-order valence-corrected chi connectivity index (χ2v) is 11.8. The number of hydrogen-bond acceptors (Lipinski definition) is 9. The highest BCUT2D eigenvalue weighted by Gasteiger charge is 2.32. The van der Waals surface area contributed by atoms with Crippen molar-refractivity contribution in [1.29, 1.82) is 0 Å². The fourth-order valence-electron chi connectivity index (χ4n) is 4.01. The predicted octanol–water partition coefficient (Wildman–Crippen LogP) is 6.34. The molecule has 0 atom stereocenters. The van der Waals surface area contributed by atoms with E-state index in [1.165, 1.54) is 18.2 Å². The van der Waals surface area contributed by atoms with Crippen LogP contribution in [-0.2, 0) is 14.4 Å². The Morgan fingerprint density at radius 3 is 0.738 bits per heavy atom. The topological polar surface area (TPSA) is 163 Å². The second-order valence-electron chi connectivity index (χ2n) is 8.60. The van der Waals surface area contributed by atoms with Crippen molar-refractivity contribution >= 4 is 120 Å². The van der Waals surface area contributed by atoms with E-state index in [1.807, 2.05) is 0 Å². The summed E-state index contributed by atoms with van der Waals surface area (Å²) >= 11 is 5.04. The van der Waals surface area contributed by atoms with Gasteiger partial charge in [0.2, 0.25) is 34.7 Å². The Labute approximate surface area is 278 Å². The van der Waals surface area contributed by atoms with Crippen molar-refractivity contribution in [3.63, 3.8) is 0 Å². The minimum Gasteiger partial charge on any atom is -0.506 e. The van der Waals surface area contributed by atoms with Crippen LogP contribution in [0.4, 0.5) is 0 Å². The minimum atomic E-state index is -0.637. The molecule has 9 nitrogen and oxygen atoms in total. The van der Waals surface area contributed by atoms with Gasteiger partial charge < -0.3 is 15.3 Å². The number of carbonyl (C=O) groups is 6. The molecular weight excluding hydrogens is 885 g/mol. The molecule has 0 heterocycles. The van der Waals surface area contributed by atoms with E-state index in [2.05, 4.69) is 0 Å². The van der Waals surface area contributed by atoms with E-state index in [1.54, 1.807) is 122 Å². The summed E-state index contributed by atoms with van der Waals surface area (Å²) < 4.78 is 0.268. The highest BCUT2D eigenvalue weighted by atomic mass is 127. The molecule has 0 aromatic heterocycles. The molecule has 0 saturated heterocycles. The third-order valence-electron chi connectivity index (χ3n) is 6.12. The Balaban J connectivity index is 0.000000145. The van der Waals surface area contributed by atoms with Crippen molar-refractivity contribution in [1.82, 2.24) is 0 Å². The Morgan fingerprint density at radius 1 is 0.333 bits per heavy atom. The maximum absolute atomic E-state index is 11.5. The van der Waals surface area contributed by atoms with Crippen LogP contribution in [0.3, 0.4) is 0 Å². The van der Waals surface area contributed by atoms with Crippen molar-refractivity contribution in [2.24, 2.45) is 0 Å². The predicted molar refractivity (Wildman–Crippen MR) is 178 cm³/mol. The number of benzene rings is 3. The van der Waals surface area contributed by atoms with Crippen LogP contribution < -0.4 is 0 Å². The lowest BCUT2D eigenvalue weighted by Crippen LogP contribution is -2.21. The monoisotopic (exact) mass is 900 g/mol. The van der Waals surface area contributed by atoms with Gasteiger partial charge in [-0.25, -0.2) is 0 Å². The summed E-state index contributed by atoms with van der Waals surface area (Å²) in [6.07, 6.45) is 0. The zero-order valence-electron chi connectivity index (χ0n) is 20.9. The van der Waals surface area contributed by atoms with E-state index in [9.17, 15) is 44.1 Å². The molecule has 0 saturated carbocycles. The number of rotatable bonds is 0. The van der Waals surface area contributed by atoms with Crippen LogP contribution in [0.5, 0.6) is 0 Å². The molecule has 0 amide bonds. The summed E-state index contributed by atoms with van der Waals surface area (Å²) in [5.74, 6) is -3.89. The Hall–Kier alpha value is -3.51. The average molecular weight is 900 g/mol. The zero-order chi connectivity index (χ0) is 30.9. The number of aliphatic hydroxyl groups excluding tert-OH is 3. The third kappa shape index (κ3) is 5.74. The molecule has 0 radical (unpaired) electrons. The van der Waals surface area contributed by atoms with Gasteiger partial charge in [-0.3, -0.25) is 28.8 Å². The van der Waals surface area contributed by atoms with Crippen LogP contribution in [0.2, 0.25) is 0 Å². The van der Waals surface area contributed by atoms with Gasteiger partial charge in [0.25, 0.3) is 0 Å². The Bertz CT molecular complexity index is 1630. The fourth-order valence-corrected chi connectivity index (χ4v) is 5.61. The van der Waals surface area contributed by atoms with Crippen LogP contribution in [0, 0.1) is 0 Å². The lowest BCUT2D eigenvalue weighted by molar-refractivity contribution is -0.111. The zero-order valence-corrected chi connectivity index (χ0v) is 27.3. The van der Waals surface area contributed by atoms with Gasteiger partial charge in [-0.15, -0.1) is 0 Å². The number of allylic oxidation sites excluding steroid dienone is 3. The molecule has 3 N–H and O–H groups in total. The summed E-state index contributed by atoms with van der Waals surface area (Å²) in [5, 5.41) is 28.9. The number of carbonyl (C=O) groups excluding carboxylic acids is 6. The van der Waals surface area contributed by atoms with Crippen molar-refractivity contribution in [2.75, 3.05) is 0 Å². The van der Waals surface area contributed by atoms with E-state index < -0.39 is 34.7 Å². The van der Waals surface area contributed by atoms with Crippen LogP contribution in [0.25, 0.3) is 17.3 Å². The molecule has 0 aliphatic heterocycles. The van der Waals surface area contributed by atoms with Gasteiger partial charge >= 0.3 is 0 Å². The van der Waals surface area contributed by atoms with Crippen molar-refractivity contribution in [3.05, 3.63) is 117 Å². The van der Waals surface area contributed by atoms with Gasteiger partial charge in [0, 0.05) is 33.4 Å². The first-order valence-electron chi connectivity index (χ1n) is 11.7. The number of fused-ring (bicyclic) bond motifs is 3. The lowest BCUT2D eigenvalue weighted by atomic mass is 9.94. The molecule has 12 heteroatoms. The molecule has 0 unspecified atom stereocenters. The standard InChI is InChI=1S/3C10H5IO3/c3*11-7-8(12)5-3-1-2-4-6(5)9(13)10(7)14/h3*1-4,12H. The average Bonchev–Trinajstić information content (AvgIpc) is 3.03. The van der Waals surface area contributed by atoms with E-state index in [0.29, 0.717) is 16.7 Å². The van der Waals surface area contributed by atoms with Gasteiger partial charge in [0.05, 0.1) is 0 Å². The van der Waals surface area contributed by atoms with Crippen molar-refractivity contribution in [3.8, 4) is 0 Å². The summed E-state index contributed by atoms with van der Waals surface area (Å²) in [5.41, 5.74) is 2.12. The summed E-state index contributed by atoms with van der Waals surface area (Å²) in [6, 6.07) is 19.6. The first kappa shape index (κ1) is 31.4. The van der Waals surface area contributed by atoms with Crippen LogP contribution in [-0.4, -0.2) is 50.0 Å². The molecule has 6 rings (SSSR count). The van der Waals surface area contributed by atoms with Gasteiger partial charge in [-0.2, -0.15) is 0 Å². The summed E-state index contributed by atoms with van der Waals surface area (Å²) in [6.45, 7) is 0. The maximum atomic E-state index is 11.5. The largest absolute Gasteiger partial charge is 0.506 e. The first-order valence-corrected chi connectivity index (χ1v) is 14.9. The van der Waals surface area contributed by atoms with E-state index in [-0.39, 0.29) is 44.7 Å². The highest BCUT2D eigenvalue weighted by molar-refractivity contribution is 14.1. The molecule has 42 heavy (non-hydrogen) atoms. The smallest absolute Gasteiger partial charge is 0.243 e. The van der Waals surface area contributed by atoms with E-state index in [4.69, 9.17) is 0 Å². The summed E-state index contributed by atoms with van der Waals surface area (Å²) in [7, 11) is 0. The number of ketones is 6. The lowest BCUT2D eigenvalue weighted by Gasteiger charge is -2.13.